The Labute approximate surface area is 157 Å². The smallest absolute Gasteiger partial charge is 0.336 e. The molecule has 0 spiro atoms. The van der Waals surface area contributed by atoms with Crippen LogP contribution in [0.5, 0.6) is 0 Å². The Morgan fingerprint density at radius 1 is 1.00 bits per heavy atom. The van der Waals surface area contributed by atoms with Crippen molar-refractivity contribution in [2.24, 2.45) is 5.10 Å². The van der Waals surface area contributed by atoms with E-state index in [1.807, 2.05) is 6.07 Å². The normalized spacial score (nSPS) is 10.8. The van der Waals surface area contributed by atoms with Gasteiger partial charge in [-0.2, -0.15) is 5.10 Å². The molecule has 0 radical (unpaired) electrons. The van der Waals surface area contributed by atoms with Crippen LogP contribution in [0.2, 0.25) is 0 Å². The predicted octanol–water partition coefficient (Wildman–Crippen LogP) is 4.17. The Balaban J connectivity index is 1.73. The summed E-state index contributed by atoms with van der Waals surface area (Å²) < 4.78 is 6.26. The number of benzene rings is 2. The third kappa shape index (κ3) is 3.89. The fourth-order valence-electron chi connectivity index (χ4n) is 2.31. The van der Waals surface area contributed by atoms with E-state index in [0.717, 1.165) is 0 Å². The molecule has 6 nitrogen and oxygen atoms in total. The molecule has 2 N–H and O–H groups in total. The van der Waals surface area contributed by atoms with Crippen molar-refractivity contribution < 1.29 is 19.1 Å². The number of nitrogens with zero attached hydrogens (tertiary/aromatic N) is 1. The fraction of sp³-hybridized carbons (Fsp3) is 0. The van der Waals surface area contributed by atoms with Gasteiger partial charge in [-0.1, -0.05) is 30.3 Å². The standard InChI is InChI=1S/C19H13BrN2O4/c20-16-8-4-3-7-15(16)18(23)22-21-11-12-9-10-17(26-12)13-5-1-2-6-14(13)19(24)25/h1-11H,(H,22,23)(H,24,25)/b21-11-. The number of hydrazone groups is 1. The van der Waals surface area contributed by atoms with Gasteiger partial charge in [0.25, 0.3) is 5.91 Å². The Morgan fingerprint density at radius 3 is 2.42 bits per heavy atom. The summed E-state index contributed by atoms with van der Waals surface area (Å²) in [4.78, 5) is 23.3. The van der Waals surface area contributed by atoms with Crippen LogP contribution in [-0.4, -0.2) is 23.2 Å². The van der Waals surface area contributed by atoms with Gasteiger partial charge in [0, 0.05) is 10.0 Å². The molecule has 0 aliphatic carbocycles. The van der Waals surface area contributed by atoms with Crippen molar-refractivity contribution in [1.29, 1.82) is 0 Å². The van der Waals surface area contributed by atoms with E-state index in [2.05, 4.69) is 26.5 Å². The number of halogens is 1. The summed E-state index contributed by atoms with van der Waals surface area (Å²) in [7, 11) is 0. The van der Waals surface area contributed by atoms with Gasteiger partial charge < -0.3 is 9.52 Å². The van der Waals surface area contributed by atoms with Gasteiger partial charge in [-0.3, -0.25) is 4.79 Å². The second-order valence-electron chi connectivity index (χ2n) is 5.23. The number of aromatic carboxylic acids is 1. The van der Waals surface area contributed by atoms with E-state index < -0.39 is 5.97 Å². The second-order valence-corrected chi connectivity index (χ2v) is 6.09. The van der Waals surface area contributed by atoms with Crippen molar-refractivity contribution >= 4 is 34.0 Å². The largest absolute Gasteiger partial charge is 0.478 e. The first kappa shape index (κ1) is 17.6. The number of carboxylic acids is 1. The highest BCUT2D eigenvalue weighted by molar-refractivity contribution is 9.10. The number of carbonyl (C=O) groups is 2. The summed E-state index contributed by atoms with van der Waals surface area (Å²) in [5, 5.41) is 13.1. The van der Waals surface area contributed by atoms with Crippen molar-refractivity contribution in [3.8, 4) is 11.3 Å². The van der Waals surface area contributed by atoms with E-state index in [0.29, 0.717) is 27.1 Å². The maximum Gasteiger partial charge on any atom is 0.336 e. The van der Waals surface area contributed by atoms with E-state index >= 15 is 0 Å². The van der Waals surface area contributed by atoms with Crippen LogP contribution >= 0.6 is 15.9 Å². The summed E-state index contributed by atoms with van der Waals surface area (Å²) in [6.45, 7) is 0. The summed E-state index contributed by atoms with van der Waals surface area (Å²) >= 11 is 3.30. The van der Waals surface area contributed by atoms with Crippen molar-refractivity contribution in [2.45, 2.75) is 0 Å². The van der Waals surface area contributed by atoms with Crippen molar-refractivity contribution in [1.82, 2.24) is 5.43 Å². The SMILES string of the molecule is O=C(N/N=C\c1ccc(-c2ccccc2C(=O)O)o1)c1ccccc1Br. The van der Waals surface area contributed by atoms with Gasteiger partial charge in [-0.25, -0.2) is 10.2 Å². The lowest BCUT2D eigenvalue weighted by atomic mass is 10.1. The number of furan rings is 1. The highest BCUT2D eigenvalue weighted by atomic mass is 79.9. The maximum atomic E-state index is 12.1. The summed E-state index contributed by atoms with van der Waals surface area (Å²) in [5.74, 6) is -0.612. The molecule has 1 aromatic heterocycles. The Kier molecular flexibility index (Phi) is 5.28. The van der Waals surface area contributed by atoms with E-state index in [9.17, 15) is 14.7 Å². The van der Waals surface area contributed by atoms with Crippen molar-refractivity contribution in [2.75, 3.05) is 0 Å². The summed E-state index contributed by atoms with van der Waals surface area (Å²) in [5.41, 5.74) is 3.49. The zero-order chi connectivity index (χ0) is 18.5. The van der Waals surface area contributed by atoms with Crippen LogP contribution in [0, 0.1) is 0 Å². The van der Waals surface area contributed by atoms with Crippen molar-refractivity contribution in [3.63, 3.8) is 0 Å². The molecule has 1 heterocycles. The van der Waals surface area contributed by atoms with Gasteiger partial charge in [0.1, 0.15) is 11.5 Å². The molecule has 0 atom stereocenters. The van der Waals surface area contributed by atoms with Crippen LogP contribution in [0.1, 0.15) is 26.5 Å². The third-order valence-corrected chi connectivity index (χ3v) is 4.22. The number of hydrogen-bond acceptors (Lipinski definition) is 4. The van der Waals surface area contributed by atoms with Crippen LogP contribution in [0.4, 0.5) is 0 Å². The van der Waals surface area contributed by atoms with Gasteiger partial charge in [0.2, 0.25) is 0 Å². The molecule has 0 fully saturated rings. The first-order chi connectivity index (χ1) is 12.6. The molecule has 7 heteroatoms. The van der Waals surface area contributed by atoms with E-state index in [1.54, 1.807) is 48.5 Å². The number of hydrogen-bond donors (Lipinski definition) is 2. The first-order valence-electron chi connectivity index (χ1n) is 7.56. The minimum Gasteiger partial charge on any atom is -0.478 e. The van der Waals surface area contributed by atoms with Gasteiger partial charge in [0.15, 0.2) is 0 Å². The molecular weight excluding hydrogens is 400 g/mol. The summed E-state index contributed by atoms with van der Waals surface area (Å²) in [6.07, 6.45) is 1.35. The zero-order valence-electron chi connectivity index (χ0n) is 13.3. The Bertz CT molecular complexity index is 994. The molecule has 0 saturated carbocycles. The van der Waals surface area contributed by atoms with Crippen molar-refractivity contribution in [3.05, 3.63) is 82.0 Å². The molecule has 2 aromatic carbocycles. The molecular formula is C19H13BrN2O4. The zero-order valence-corrected chi connectivity index (χ0v) is 14.9. The molecule has 26 heavy (non-hydrogen) atoms. The lowest BCUT2D eigenvalue weighted by Gasteiger charge is -2.02. The monoisotopic (exact) mass is 412 g/mol. The molecule has 0 unspecified atom stereocenters. The number of amides is 1. The van der Waals surface area contributed by atoms with Gasteiger partial charge in [-0.05, 0) is 46.3 Å². The van der Waals surface area contributed by atoms with Crippen LogP contribution in [0.25, 0.3) is 11.3 Å². The Morgan fingerprint density at radius 2 is 1.69 bits per heavy atom. The molecule has 0 aliphatic heterocycles. The Hall–Kier alpha value is -3.19. The van der Waals surface area contributed by atoms with E-state index in [1.165, 1.54) is 12.3 Å². The molecule has 1 amide bonds. The third-order valence-electron chi connectivity index (χ3n) is 3.53. The molecule has 0 aliphatic rings. The first-order valence-corrected chi connectivity index (χ1v) is 8.36. The average molecular weight is 413 g/mol. The van der Waals surface area contributed by atoms with E-state index in [4.69, 9.17) is 4.42 Å². The number of carboxylic acid groups (broad SMARTS) is 1. The number of nitrogens with one attached hydrogen (secondary N) is 1. The van der Waals surface area contributed by atoms with E-state index in [-0.39, 0.29) is 11.5 Å². The van der Waals surface area contributed by atoms with Crippen LogP contribution in [-0.2, 0) is 0 Å². The molecule has 0 saturated heterocycles. The molecule has 130 valence electrons. The summed E-state index contributed by atoms with van der Waals surface area (Å²) in [6, 6.07) is 16.8. The average Bonchev–Trinajstić information content (AvgIpc) is 3.10. The lowest BCUT2D eigenvalue weighted by molar-refractivity contribution is 0.0697. The highest BCUT2D eigenvalue weighted by Gasteiger charge is 2.13. The molecule has 0 bridgehead atoms. The fourth-order valence-corrected chi connectivity index (χ4v) is 2.78. The minimum absolute atomic E-state index is 0.146. The topological polar surface area (TPSA) is 91.9 Å². The predicted molar refractivity (Wildman–Crippen MR) is 100 cm³/mol. The van der Waals surface area contributed by atoms with Crippen LogP contribution < -0.4 is 5.43 Å². The second kappa shape index (κ2) is 7.79. The van der Waals surface area contributed by atoms with Gasteiger partial charge >= 0.3 is 5.97 Å². The highest BCUT2D eigenvalue weighted by Crippen LogP contribution is 2.25. The van der Waals surface area contributed by atoms with Crippen LogP contribution in [0.3, 0.4) is 0 Å². The number of carbonyl (C=O) groups excluding carboxylic acids is 1. The molecule has 3 rings (SSSR count). The van der Waals surface area contributed by atoms with Crippen LogP contribution in [0.15, 0.2) is 74.7 Å². The number of rotatable bonds is 5. The van der Waals surface area contributed by atoms with Gasteiger partial charge in [-0.15, -0.1) is 0 Å². The lowest BCUT2D eigenvalue weighted by Crippen LogP contribution is -2.17. The maximum absolute atomic E-state index is 12.1. The minimum atomic E-state index is -1.03. The quantitative estimate of drug-likeness (QED) is 0.485. The molecule has 3 aromatic rings. The van der Waals surface area contributed by atoms with Gasteiger partial charge in [0.05, 0.1) is 17.3 Å².